The van der Waals surface area contributed by atoms with E-state index in [-0.39, 0.29) is 0 Å². The van der Waals surface area contributed by atoms with Gasteiger partial charge in [0.15, 0.2) is 0 Å². The maximum absolute atomic E-state index is 8.71. The van der Waals surface area contributed by atoms with Crippen molar-refractivity contribution in [1.82, 2.24) is 10.2 Å². The average molecular weight is 204 g/mol. The van der Waals surface area contributed by atoms with Crippen LogP contribution in [0.3, 0.4) is 0 Å². The highest BCUT2D eigenvalue weighted by Crippen LogP contribution is 2.19. The Morgan fingerprint density at radius 1 is 1.67 bits per heavy atom. The van der Waals surface area contributed by atoms with E-state index in [0.717, 1.165) is 24.4 Å². The molecule has 0 radical (unpaired) electrons. The smallest absolute Gasteiger partial charge is 0.125 e. The molecular formula is C11H16N4. The van der Waals surface area contributed by atoms with Gasteiger partial charge in [0.05, 0.1) is 12.3 Å². The zero-order valence-electron chi connectivity index (χ0n) is 9.12. The van der Waals surface area contributed by atoms with Crippen LogP contribution in [0.25, 0.3) is 0 Å². The van der Waals surface area contributed by atoms with Crippen LogP contribution in [0.4, 0.5) is 5.82 Å². The van der Waals surface area contributed by atoms with Crippen molar-refractivity contribution < 1.29 is 0 Å². The minimum atomic E-state index is 0.396. The Balaban J connectivity index is 2.76. The third-order valence-corrected chi connectivity index (χ3v) is 2.43. The summed E-state index contributed by atoms with van der Waals surface area (Å²) in [5.74, 6) is 1.22. The molecule has 0 aliphatic rings. The molecule has 15 heavy (non-hydrogen) atoms. The van der Waals surface area contributed by atoms with Gasteiger partial charge < -0.3 is 5.32 Å². The number of hydrogen-bond donors (Lipinski definition) is 2. The van der Waals surface area contributed by atoms with E-state index in [4.69, 9.17) is 5.26 Å². The second-order valence-corrected chi connectivity index (χ2v) is 3.34. The van der Waals surface area contributed by atoms with Gasteiger partial charge in [-0.1, -0.05) is 13.8 Å². The molecule has 0 aliphatic heterocycles. The van der Waals surface area contributed by atoms with Crippen LogP contribution in [0.5, 0.6) is 0 Å². The van der Waals surface area contributed by atoms with Gasteiger partial charge in [-0.25, -0.2) is 0 Å². The highest BCUT2D eigenvalue weighted by molar-refractivity contribution is 5.41. The first-order chi connectivity index (χ1) is 7.31. The summed E-state index contributed by atoms with van der Waals surface area (Å²) in [6.07, 6.45) is 5.29. The molecule has 4 heteroatoms. The van der Waals surface area contributed by atoms with Gasteiger partial charge in [0.1, 0.15) is 5.82 Å². The van der Waals surface area contributed by atoms with Crippen LogP contribution in [-0.2, 0) is 0 Å². The molecule has 0 fully saturated rings. The highest BCUT2D eigenvalue weighted by atomic mass is 15.2. The van der Waals surface area contributed by atoms with E-state index < -0.39 is 0 Å². The molecule has 0 bridgehead atoms. The van der Waals surface area contributed by atoms with Gasteiger partial charge in [-0.3, -0.25) is 5.10 Å². The predicted molar refractivity (Wildman–Crippen MR) is 60.0 cm³/mol. The number of aromatic nitrogens is 2. The first-order valence-electron chi connectivity index (χ1n) is 5.17. The summed E-state index contributed by atoms with van der Waals surface area (Å²) < 4.78 is 0. The summed E-state index contributed by atoms with van der Waals surface area (Å²) >= 11 is 0. The van der Waals surface area contributed by atoms with Crippen LogP contribution in [-0.4, -0.2) is 10.2 Å². The van der Waals surface area contributed by atoms with Crippen molar-refractivity contribution in [2.24, 2.45) is 5.92 Å². The molecule has 1 aromatic rings. The van der Waals surface area contributed by atoms with Crippen LogP contribution in [0, 0.1) is 17.2 Å². The highest BCUT2D eigenvalue weighted by Gasteiger charge is 2.10. The van der Waals surface area contributed by atoms with Crippen molar-refractivity contribution in [3.63, 3.8) is 0 Å². The Bertz CT molecular complexity index is 341. The third-order valence-electron chi connectivity index (χ3n) is 2.43. The molecule has 0 atom stereocenters. The van der Waals surface area contributed by atoms with Gasteiger partial charge in [-0.15, -0.1) is 0 Å². The summed E-state index contributed by atoms with van der Waals surface area (Å²) in [7, 11) is 0. The number of nitriles is 1. The number of nitrogens with one attached hydrogen (secondary N) is 2. The first-order valence-corrected chi connectivity index (χ1v) is 5.17. The second kappa shape index (κ2) is 5.86. The van der Waals surface area contributed by atoms with Gasteiger partial charge in [-0.2, -0.15) is 10.4 Å². The number of hydrogen-bond acceptors (Lipinski definition) is 3. The number of rotatable bonds is 5. The Kier molecular flexibility index (Phi) is 4.42. The molecular weight excluding hydrogens is 188 g/mol. The molecule has 0 unspecified atom stereocenters. The lowest BCUT2D eigenvalue weighted by molar-refractivity contribution is 0.575. The largest absolute Gasteiger partial charge is 0.343 e. The molecule has 0 saturated heterocycles. The van der Waals surface area contributed by atoms with E-state index in [1.165, 1.54) is 0 Å². The fourth-order valence-electron chi connectivity index (χ4n) is 1.54. The number of anilines is 1. The van der Waals surface area contributed by atoms with Gasteiger partial charge in [0.25, 0.3) is 0 Å². The molecule has 2 N–H and O–H groups in total. The SMILES string of the molecule is CCC(CC)/C(=C\C#N)Nc1ccn[nH]1. The average Bonchev–Trinajstić information content (AvgIpc) is 2.72. The van der Waals surface area contributed by atoms with Gasteiger partial charge in [0.2, 0.25) is 0 Å². The molecule has 80 valence electrons. The van der Waals surface area contributed by atoms with E-state index in [0.29, 0.717) is 5.92 Å². The van der Waals surface area contributed by atoms with Crippen molar-refractivity contribution in [3.05, 3.63) is 24.0 Å². The summed E-state index contributed by atoms with van der Waals surface area (Å²) in [5, 5.41) is 18.6. The van der Waals surface area contributed by atoms with Crippen LogP contribution < -0.4 is 5.32 Å². The topological polar surface area (TPSA) is 64.5 Å². The summed E-state index contributed by atoms with van der Waals surface area (Å²) in [5.41, 5.74) is 0.951. The quantitative estimate of drug-likeness (QED) is 0.725. The van der Waals surface area contributed by atoms with Crippen molar-refractivity contribution in [1.29, 1.82) is 5.26 Å². The molecule has 0 aliphatic carbocycles. The zero-order chi connectivity index (χ0) is 11.1. The van der Waals surface area contributed by atoms with Gasteiger partial charge in [0, 0.05) is 17.8 Å². The minimum absolute atomic E-state index is 0.396. The van der Waals surface area contributed by atoms with Crippen molar-refractivity contribution in [2.75, 3.05) is 5.32 Å². The fourth-order valence-corrected chi connectivity index (χ4v) is 1.54. The van der Waals surface area contributed by atoms with E-state index >= 15 is 0 Å². The molecule has 4 nitrogen and oxygen atoms in total. The third kappa shape index (κ3) is 3.13. The van der Waals surface area contributed by atoms with E-state index in [2.05, 4.69) is 35.4 Å². The number of allylic oxidation sites excluding steroid dienone is 2. The summed E-state index contributed by atoms with van der Waals surface area (Å²) in [6, 6.07) is 3.91. The maximum Gasteiger partial charge on any atom is 0.125 e. The minimum Gasteiger partial charge on any atom is -0.343 e. The van der Waals surface area contributed by atoms with E-state index in [1.54, 1.807) is 12.3 Å². The lowest BCUT2D eigenvalue weighted by Gasteiger charge is -2.16. The van der Waals surface area contributed by atoms with Crippen LogP contribution >= 0.6 is 0 Å². The van der Waals surface area contributed by atoms with Crippen molar-refractivity contribution in [2.45, 2.75) is 26.7 Å². The molecule has 0 spiro atoms. The first kappa shape index (κ1) is 11.3. The number of nitrogens with zero attached hydrogens (tertiary/aromatic N) is 2. The van der Waals surface area contributed by atoms with Gasteiger partial charge in [-0.05, 0) is 18.8 Å². The standard InChI is InChI=1S/C11H16N4/c1-3-9(4-2)10(5-7-12)14-11-6-8-13-15-11/h5-6,8-9H,3-4H2,1-2H3,(H2,13,14,15)/b10-5+. The Hall–Kier alpha value is -1.76. The number of aromatic amines is 1. The second-order valence-electron chi connectivity index (χ2n) is 3.34. The van der Waals surface area contributed by atoms with Crippen LogP contribution in [0.1, 0.15) is 26.7 Å². The van der Waals surface area contributed by atoms with Crippen molar-refractivity contribution in [3.8, 4) is 6.07 Å². The fraction of sp³-hybridized carbons (Fsp3) is 0.455. The zero-order valence-corrected chi connectivity index (χ0v) is 9.12. The molecule has 1 heterocycles. The lowest BCUT2D eigenvalue weighted by Crippen LogP contribution is -2.10. The predicted octanol–water partition coefficient (Wildman–Crippen LogP) is 2.67. The molecule has 0 aromatic carbocycles. The molecule has 0 saturated carbocycles. The normalized spacial score (nSPS) is 11.5. The molecule has 0 amide bonds. The van der Waals surface area contributed by atoms with Crippen LogP contribution in [0.2, 0.25) is 0 Å². The van der Waals surface area contributed by atoms with Crippen LogP contribution in [0.15, 0.2) is 24.0 Å². The monoisotopic (exact) mass is 204 g/mol. The molecule has 1 rings (SSSR count). The van der Waals surface area contributed by atoms with E-state index in [9.17, 15) is 0 Å². The Morgan fingerprint density at radius 2 is 2.40 bits per heavy atom. The summed E-state index contributed by atoms with van der Waals surface area (Å²) in [6.45, 7) is 4.24. The van der Waals surface area contributed by atoms with Crippen molar-refractivity contribution >= 4 is 5.82 Å². The summed E-state index contributed by atoms with van der Waals surface area (Å²) in [4.78, 5) is 0. The number of H-pyrrole nitrogens is 1. The van der Waals surface area contributed by atoms with E-state index in [1.807, 2.05) is 6.07 Å². The van der Waals surface area contributed by atoms with Gasteiger partial charge >= 0.3 is 0 Å². The Labute approximate surface area is 90.0 Å². The lowest BCUT2D eigenvalue weighted by atomic mass is 9.99. The maximum atomic E-state index is 8.71. The Morgan fingerprint density at radius 3 is 2.87 bits per heavy atom. The molecule has 1 aromatic heterocycles.